The Bertz CT molecular complexity index is 500. The van der Waals surface area contributed by atoms with Crippen LogP contribution in [0.3, 0.4) is 0 Å². The molecule has 0 bridgehead atoms. The number of likely N-dealkylation sites (N-methyl/N-ethyl adjacent to an activating group) is 1. The average molecular weight is 317 g/mol. The molecule has 6 nitrogen and oxygen atoms in total. The fraction of sp³-hybridized carbons (Fsp3) is 0.500. The zero-order valence-corrected chi connectivity index (χ0v) is 13.5. The quantitative estimate of drug-likeness (QED) is 0.474. The third-order valence-electron chi connectivity index (χ3n) is 3.10. The summed E-state index contributed by atoms with van der Waals surface area (Å²) in [6, 6.07) is 5.53. The molecule has 1 aromatic carbocycles. The Morgan fingerprint density at radius 1 is 1.38 bits per heavy atom. The summed E-state index contributed by atoms with van der Waals surface area (Å²) in [6.07, 6.45) is 0. The summed E-state index contributed by atoms with van der Waals surface area (Å²) in [5.74, 6) is -0.545. The van der Waals surface area contributed by atoms with Gasteiger partial charge in [0, 0.05) is 24.2 Å². The summed E-state index contributed by atoms with van der Waals surface area (Å²) in [7, 11) is 1.95. The number of benzene rings is 1. The Morgan fingerprint density at radius 3 is 2.52 bits per heavy atom. The van der Waals surface area contributed by atoms with Crippen LogP contribution in [0.15, 0.2) is 24.3 Å². The molecule has 0 saturated heterocycles. The Kier molecular flexibility index (Phi) is 7.32. The molecule has 0 amide bonds. The van der Waals surface area contributed by atoms with Crippen LogP contribution < -0.4 is 0 Å². The predicted octanol–water partition coefficient (Wildman–Crippen LogP) is 2.90. The van der Waals surface area contributed by atoms with Gasteiger partial charge >= 0.3 is 5.97 Å². The first-order chi connectivity index (χ1) is 9.21. The number of carbonyl (C=O) groups is 1. The summed E-state index contributed by atoms with van der Waals surface area (Å²) in [5, 5.41) is 10.6. The minimum atomic E-state index is -0.545. The van der Waals surface area contributed by atoms with Crippen LogP contribution >= 0.6 is 12.4 Å². The summed E-state index contributed by atoms with van der Waals surface area (Å²) in [5.41, 5.74) is 0.0710. The molecule has 0 aliphatic rings. The first-order valence-electron chi connectivity index (χ1n) is 6.34. The van der Waals surface area contributed by atoms with E-state index in [0.29, 0.717) is 6.54 Å². The molecule has 7 heteroatoms. The number of rotatable bonds is 5. The predicted molar refractivity (Wildman–Crippen MR) is 83.0 cm³/mol. The molecule has 1 rings (SSSR count). The van der Waals surface area contributed by atoms with Crippen molar-refractivity contribution in [3.05, 3.63) is 39.9 Å². The van der Waals surface area contributed by atoms with Crippen molar-refractivity contribution >= 4 is 24.1 Å². The maximum atomic E-state index is 11.8. The number of carbonyl (C=O) groups excluding carboxylic acids is 1. The number of nitro benzene ring substituents is 1. The molecule has 118 valence electrons. The van der Waals surface area contributed by atoms with Crippen molar-refractivity contribution in [2.75, 3.05) is 20.2 Å². The number of hydrogen-bond acceptors (Lipinski definition) is 5. The molecular formula is C14H21ClN2O4. The zero-order valence-electron chi connectivity index (χ0n) is 12.7. The maximum Gasteiger partial charge on any atom is 0.338 e. The first-order valence-corrected chi connectivity index (χ1v) is 6.34. The molecule has 0 radical (unpaired) electrons. The SMILES string of the molecule is CN(CCOC(=O)c1cccc([N+](=O)[O-])c1)C(C)(C)C.Cl. The average Bonchev–Trinajstić information content (AvgIpc) is 2.37. The van der Waals surface area contributed by atoms with Gasteiger partial charge in [0.1, 0.15) is 6.61 Å². The molecule has 1 aromatic rings. The van der Waals surface area contributed by atoms with E-state index in [1.54, 1.807) is 0 Å². The molecule has 0 fully saturated rings. The lowest BCUT2D eigenvalue weighted by molar-refractivity contribution is -0.384. The second-order valence-electron chi connectivity index (χ2n) is 5.54. The highest BCUT2D eigenvalue weighted by Gasteiger charge is 2.17. The maximum absolute atomic E-state index is 11.8. The van der Waals surface area contributed by atoms with Gasteiger partial charge in [0.05, 0.1) is 10.5 Å². The molecule has 0 aliphatic carbocycles. The minimum absolute atomic E-state index is 0. The normalized spacial score (nSPS) is 10.9. The number of esters is 1. The largest absolute Gasteiger partial charge is 0.461 e. The molecular weight excluding hydrogens is 296 g/mol. The summed E-state index contributed by atoms with van der Waals surface area (Å²) >= 11 is 0. The molecule has 0 spiro atoms. The molecule has 0 N–H and O–H groups in total. The van der Waals surface area contributed by atoms with E-state index in [1.165, 1.54) is 24.3 Å². The number of hydrogen-bond donors (Lipinski definition) is 0. The van der Waals surface area contributed by atoms with Gasteiger partial charge in [-0.1, -0.05) is 6.07 Å². The van der Waals surface area contributed by atoms with E-state index in [0.717, 1.165) is 0 Å². The summed E-state index contributed by atoms with van der Waals surface area (Å²) in [6.45, 7) is 7.04. The van der Waals surface area contributed by atoms with E-state index < -0.39 is 10.9 Å². The van der Waals surface area contributed by atoms with Gasteiger partial charge in [-0.2, -0.15) is 0 Å². The topological polar surface area (TPSA) is 72.7 Å². The van der Waals surface area contributed by atoms with Crippen molar-refractivity contribution in [3.63, 3.8) is 0 Å². The summed E-state index contributed by atoms with van der Waals surface area (Å²) in [4.78, 5) is 23.9. The lowest BCUT2D eigenvalue weighted by atomic mass is 10.1. The van der Waals surface area contributed by atoms with Gasteiger partial charge in [-0.15, -0.1) is 12.4 Å². The van der Waals surface area contributed by atoms with Crippen molar-refractivity contribution in [1.29, 1.82) is 0 Å². The van der Waals surface area contributed by atoms with Crippen molar-refractivity contribution in [3.8, 4) is 0 Å². The van der Waals surface area contributed by atoms with E-state index in [1.807, 2.05) is 7.05 Å². The number of nitro groups is 1. The van der Waals surface area contributed by atoms with Crippen LogP contribution in [0, 0.1) is 10.1 Å². The highest BCUT2D eigenvalue weighted by molar-refractivity contribution is 5.90. The van der Waals surface area contributed by atoms with Gasteiger partial charge in [-0.05, 0) is 33.9 Å². The Balaban J connectivity index is 0.00000400. The Morgan fingerprint density at radius 2 is 2.00 bits per heavy atom. The Hall–Kier alpha value is -1.66. The van der Waals surface area contributed by atoms with Gasteiger partial charge in [-0.3, -0.25) is 15.0 Å². The molecule has 21 heavy (non-hydrogen) atoms. The third-order valence-corrected chi connectivity index (χ3v) is 3.10. The second kappa shape index (κ2) is 7.95. The van der Waals surface area contributed by atoms with Crippen LogP contribution in [0.25, 0.3) is 0 Å². The number of nitrogens with zero attached hydrogens (tertiary/aromatic N) is 2. The van der Waals surface area contributed by atoms with Gasteiger partial charge in [0.2, 0.25) is 0 Å². The number of non-ortho nitro benzene ring substituents is 1. The summed E-state index contributed by atoms with van der Waals surface area (Å²) < 4.78 is 5.13. The fourth-order valence-corrected chi connectivity index (χ4v) is 1.44. The Labute approximate surface area is 130 Å². The van der Waals surface area contributed by atoms with E-state index in [4.69, 9.17) is 4.74 Å². The van der Waals surface area contributed by atoms with Crippen molar-refractivity contribution in [2.45, 2.75) is 26.3 Å². The number of ether oxygens (including phenoxy) is 1. The van der Waals surface area contributed by atoms with Gasteiger partial charge in [0.15, 0.2) is 0 Å². The van der Waals surface area contributed by atoms with Crippen LogP contribution in [-0.4, -0.2) is 41.5 Å². The smallest absolute Gasteiger partial charge is 0.338 e. The van der Waals surface area contributed by atoms with Crippen molar-refractivity contribution in [1.82, 2.24) is 4.90 Å². The van der Waals surface area contributed by atoms with E-state index in [-0.39, 0.29) is 35.8 Å². The molecule has 0 aliphatic heterocycles. The lowest BCUT2D eigenvalue weighted by Crippen LogP contribution is -2.40. The van der Waals surface area contributed by atoms with Crippen LogP contribution in [0.2, 0.25) is 0 Å². The fourth-order valence-electron chi connectivity index (χ4n) is 1.44. The van der Waals surface area contributed by atoms with Crippen molar-refractivity contribution < 1.29 is 14.5 Å². The van der Waals surface area contributed by atoms with Crippen LogP contribution in [0.5, 0.6) is 0 Å². The molecule has 0 saturated carbocycles. The second-order valence-corrected chi connectivity index (χ2v) is 5.54. The van der Waals surface area contributed by atoms with Crippen LogP contribution in [0.4, 0.5) is 5.69 Å². The molecule has 0 atom stereocenters. The highest BCUT2D eigenvalue weighted by Crippen LogP contribution is 2.14. The monoisotopic (exact) mass is 316 g/mol. The number of halogens is 1. The lowest BCUT2D eigenvalue weighted by Gasteiger charge is -2.31. The minimum Gasteiger partial charge on any atom is -0.461 e. The standard InChI is InChI=1S/C14H20N2O4.ClH/c1-14(2,3)15(4)8-9-20-13(17)11-6-5-7-12(10-11)16(18)19;/h5-7,10H,8-9H2,1-4H3;1H. The van der Waals surface area contributed by atoms with E-state index in [9.17, 15) is 14.9 Å². The van der Waals surface area contributed by atoms with E-state index in [2.05, 4.69) is 25.7 Å². The molecule has 0 unspecified atom stereocenters. The van der Waals surface area contributed by atoms with Gasteiger partial charge in [0.25, 0.3) is 5.69 Å². The van der Waals surface area contributed by atoms with Gasteiger partial charge < -0.3 is 4.74 Å². The van der Waals surface area contributed by atoms with Crippen LogP contribution in [0.1, 0.15) is 31.1 Å². The van der Waals surface area contributed by atoms with Gasteiger partial charge in [-0.25, -0.2) is 4.79 Å². The van der Waals surface area contributed by atoms with E-state index >= 15 is 0 Å². The molecule has 0 heterocycles. The van der Waals surface area contributed by atoms with Crippen molar-refractivity contribution in [2.24, 2.45) is 0 Å². The zero-order chi connectivity index (χ0) is 15.3. The first kappa shape index (κ1) is 19.3. The molecule has 0 aromatic heterocycles. The highest BCUT2D eigenvalue weighted by atomic mass is 35.5. The van der Waals surface area contributed by atoms with Crippen LogP contribution in [-0.2, 0) is 4.74 Å². The third kappa shape index (κ3) is 6.10.